The summed E-state index contributed by atoms with van der Waals surface area (Å²) >= 11 is 0. The minimum Gasteiger partial charge on any atom is -0.363 e. The van der Waals surface area contributed by atoms with E-state index in [4.69, 9.17) is 4.98 Å². The van der Waals surface area contributed by atoms with Crippen LogP contribution >= 0.6 is 0 Å². The van der Waals surface area contributed by atoms with Gasteiger partial charge in [-0.3, -0.25) is 0 Å². The van der Waals surface area contributed by atoms with Crippen LogP contribution in [0.15, 0.2) is 18.3 Å². The lowest BCUT2D eigenvalue weighted by molar-refractivity contribution is 0.803. The molecule has 1 aliphatic carbocycles. The van der Waals surface area contributed by atoms with Crippen LogP contribution in [-0.4, -0.2) is 24.6 Å². The molecule has 0 saturated heterocycles. The third kappa shape index (κ3) is 2.72. The monoisotopic (exact) mass is 322 g/mol. The van der Waals surface area contributed by atoms with E-state index < -0.39 is 0 Å². The summed E-state index contributed by atoms with van der Waals surface area (Å²) < 4.78 is 1.86. The van der Waals surface area contributed by atoms with Crippen LogP contribution in [0.2, 0.25) is 0 Å². The smallest absolute Gasteiger partial charge is 0.157 e. The molecule has 0 aromatic carbocycles. The van der Waals surface area contributed by atoms with Gasteiger partial charge in [0.15, 0.2) is 5.65 Å². The van der Waals surface area contributed by atoms with Gasteiger partial charge < -0.3 is 5.32 Å². The first-order valence-corrected chi connectivity index (χ1v) is 8.55. The highest BCUT2D eigenvalue weighted by molar-refractivity contribution is 5.51. The Morgan fingerprint density at radius 2 is 2.08 bits per heavy atom. The van der Waals surface area contributed by atoms with Gasteiger partial charge in [0.25, 0.3) is 0 Å². The molecule has 6 heteroatoms. The van der Waals surface area contributed by atoms with E-state index >= 15 is 0 Å². The van der Waals surface area contributed by atoms with E-state index in [1.165, 1.54) is 17.7 Å². The van der Waals surface area contributed by atoms with Gasteiger partial charge in [0.2, 0.25) is 0 Å². The number of anilines is 1. The van der Waals surface area contributed by atoms with Crippen molar-refractivity contribution in [3.63, 3.8) is 0 Å². The van der Waals surface area contributed by atoms with Crippen molar-refractivity contribution in [3.8, 4) is 0 Å². The van der Waals surface area contributed by atoms with Crippen molar-refractivity contribution in [1.29, 1.82) is 0 Å². The Morgan fingerprint density at radius 1 is 1.21 bits per heavy atom. The second kappa shape index (κ2) is 5.85. The number of fused-ring (bicyclic) bond motifs is 2. The lowest BCUT2D eigenvalue weighted by Crippen LogP contribution is -2.11. The van der Waals surface area contributed by atoms with E-state index in [1.807, 2.05) is 23.7 Å². The number of nitrogens with one attached hydrogen (secondary N) is 1. The Hall–Kier alpha value is -2.50. The number of hydrogen-bond donors (Lipinski definition) is 1. The number of rotatable bonds is 4. The van der Waals surface area contributed by atoms with Crippen LogP contribution in [0, 0.1) is 6.92 Å². The Labute approximate surface area is 141 Å². The fourth-order valence-corrected chi connectivity index (χ4v) is 3.14. The van der Waals surface area contributed by atoms with Crippen LogP contribution in [0.3, 0.4) is 0 Å². The average Bonchev–Trinajstić information content (AvgIpc) is 3.16. The maximum Gasteiger partial charge on any atom is 0.157 e. The molecule has 4 rings (SSSR count). The molecule has 3 aromatic heterocycles. The van der Waals surface area contributed by atoms with Crippen LogP contribution in [-0.2, 0) is 19.4 Å². The fourth-order valence-electron chi connectivity index (χ4n) is 3.14. The Bertz CT molecular complexity index is 896. The molecule has 3 heterocycles. The Balaban J connectivity index is 1.63. The van der Waals surface area contributed by atoms with Crippen molar-refractivity contribution in [2.24, 2.45) is 0 Å². The summed E-state index contributed by atoms with van der Waals surface area (Å²) in [6.45, 7) is 6.87. The van der Waals surface area contributed by atoms with Gasteiger partial charge in [0.1, 0.15) is 11.6 Å². The molecule has 24 heavy (non-hydrogen) atoms. The molecular formula is C18H22N6. The van der Waals surface area contributed by atoms with Gasteiger partial charge in [-0.15, -0.1) is 0 Å². The van der Waals surface area contributed by atoms with Crippen LogP contribution in [0.1, 0.15) is 54.7 Å². The molecule has 0 fully saturated rings. The standard InChI is InChI=1S/C18H22N6/c1-11(2)15-8-17(24-18(22-15)7-12(3)23-24)20-10-16-19-9-13-5-4-6-14(13)21-16/h7-9,11,20H,4-6,10H2,1-3H3. The van der Waals surface area contributed by atoms with Crippen LogP contribution in [0.25, 0.3) is 5.65 Å². The van der Waals surface area contributed by atoms with Gasteiger partial charge in [-0.05, 0) is 37.7 Å². The van der Waals surface area contributed by atoms with E-state index in [2.05, 4.69) is 40.3 Å². The predicted octanol–water partition coefficient (Wildman–Crippen LogP) is 3.05. The molecule has 0 saturated carbocycles. The topological polar surface area (TPSA) is 68.0 Å². The van der Waals surface area contributed by atoms with E-state index in [9.17, 15) is 0 Å². The van der Waals surface area contributed by atoms with Gasteiger partial charge in [-0.25, -0.2) is 15.0 Å². The van der Waals surface area contributed by atoms with Crippen molar-refractivity contribution >= 4 is 11.5 Å². The van der Waals surface area contributed by atoms with E-state index in [0.29, 0.717) is 12.5 Å². The summed E-state index contributed by atoms with van der Waals surface area (Å²) in [5.41, 5.74) is 5.39. The molecule has 1 aliphatic rings. The van der Waals surface area contributed by atoms with Gasteiger partial charge >= 0.3 is 0 Å². The van der Waals surface area contributed by atoms with Crippen LogP contribution < -0.4 is 5.32 Å². The lowest BCUT2D eigenvalue weighted by Gasteiger charge is -2.12. The highest BCUT2D eigenvalue weighted by Gasteiger charge is 2.14. The average molecular weight is 322 g/mol. The quantitative estimate of drug-likeness (QED) is 0.799. The molecule has 0 amide bonds. The Kier molecular flexibility index (Phi) is 3.67. The molecule has 0 spiro atoms. The minimum atomic E-state index is 0.363. The van der Waals surface area contributed by atoms with Gasteiger partial charge in [0, 0.05) is 29.7 Å². The second-order valence-electron chi connectivity index (χ2n) is 6.74. The molecule has 6 nitrogen and oxygen atoms in total. The second-order valence-corrected chi connectivity index (χ2v) is 6.74. The number of aromatic nitrogens is 5. The molecule has 0 radical (unpaired) electrons. The summed E-state index contributed by atoms with van der Waals surface area (Å²) in [5.74, 6) is 2.12. The largest absolute Gasteiger partial charge is 0.363 e. The van der Waals surface area contributed by atoms with Gasteiger partial charge in [0.05, 0.1) is 12.2 Å². The minimum absolute atomic E-state index is 0.363. The summed E-state index contributed by atoms with van der Waals surface area (Å²) in [6.07, 6.45) is 5.35. The fraction of sp³-hybridized carbons (Fsp3) is 0.444. The molecular weight excluding hydrogens is 300 g/mol. The third-order valence-corrected chi connectivity index (χ3v) is 4.45. The molecule has 0 bridgehead atoms. The van der Waals surface area contributed by atoms with E-state index in [-0.39, 0.29) is 0 Å². The summed E-state index contributed by atoms with van der Waals surface area (Å²) in [6, 6.07) is 4.07. The van der Waals surface area contributed by atoms with Crippen LogP contribution in [0.4, 0.5) is 5.82 Å². The first kappa shape index (κ1) is 15.1. The maximum absolute atomic E-state index is 4.69. The summed E-state index contributed by atoms with van der Waals surface area (Å²) in [4.78, 5) is 13.9. The maximum atomic E-state index is 4.69. The van der Waals surface area contributed by atoms with Crippen molar-refractivity contribution in [1.82, 2.24) is 24.6 Å². The zero-order valence-electron chi connectivity index (χ0n) is 14.4. The van der Waals surface area contributed by atoms with Gasteiger partial charge in [-0.2, -0.15) is 9.61 Å². The zero-order chi connectivity index (χ0) is 16.7. The molecule has 0 aliphatic heterocycles. The highest BCUT2D eigenvalue weighted by atomic mass is 15.3. The molecule has 124 valence electrons. The summed E-state index contributed by atoms with van der Waals surface area (Å²) in [5, 5.41) is 7.97. The predicted molar refractivity (Wildman–Crippen MR) is 93.2 cm³/mol. The SMILES string of the molecule is Cc1cc2nc(C(C)C)cc(NCc3ncc4c(n3)CCC4)n2n1. The number of hydrogen-bond acceptors (Lipinski definition) is 5. The molecule has 3 aromatic rings. The lowest BCUT2D eigenvalue weighted by atomic mass is 10.1. The summed E-state index contributed by atoms with van der Waals surface area (Å²) in [7, 11) is 0. The highest BCUT2D eigenvalue weighted by Crippen LogP contribution is 2.21. The van der Waals surface area contributed by atoms with Gasteiger partial charge in [-0.1, -0.05) is 13.8 Å². The first-order chi connectivity index (χ1) is 11.6. The van der Waals surface area contributed by atoms with E-state index in [1.54, 1.807) is 0 Å². The van der Waals surface area contributed by atoms with Crippen molar-refractivity contribution in [2.45, 2.75) is 52.5 Å². The Morgan fingerprint density at radius 3 is 2.92 bits per heavy atom. The normalized spacial score (nSPS) is 13.7. The van der Waals surface area contributed by atoms with E-state index in [0.717, 1.165) is 41.5 Å². The number of nitrogens with zero attached hydrogens (tertiary/aromatic N) is 5. The third-order valence-electron chi connectivity index (χ3n) is 4.45. The first-order valence-electron chi connectivity index (χ1n) is 8.55. The van der Waals surface area contributed by atoms with Crippen molar-refractivity contribution in [3.05, 3.63) is 46.8 Å². The van der Waals surface area contributed by atoms with Crippen molar-refractivity contribution in [2.75, 3.05) is 5.32 Å². The zero-order valence-corrected chi connectivity index (χ0v) is 14.4. The molecule has 0 unspecified atom stereocenters. The van der Waals surface area contributed by atoms with Crippen molar-refractivity contribution < 1.29 is 0 Å². The van der Waals surface area contributed by atoms with Crippen LogP contribution in [0.5, 0.6) is 0 Å². The molecule has 0 atom stereocenters. The molecule has 1 N–H and O–H groups in total. The number of aryl methyl sites for hydroxylation is 3.